The lowest BCUT2D eigenvalue weighted by atomic mass is 10.2. The van der Waals surface area contributed by atoms with Gasteiger partial charge in [0.1, 0.15) is 11.1 Å². The fourth-order valence-corrected chi connectivity index (χ4v) is 3.51. The van der Waals surface area contributed by atoms with Gasteiger partial charge in [0.15, 0.2) is 5.82 Å². The quantitative estimate of drug-likeness (QED) is 0.487. The van der Waals surface area contributed by atoms with E-state index >= 15 is 0 Å². The Balaban J connectivity index is 0.000000968. The third kappa shape index (κ3) is 5.71. The zero-order valence-electron chi connectivity index (χ0n) is 18.6. The molecular weight excluding hydrogens is 433 g/mol. The number of benzene rings is 1. The van der Waals surface area contributed by atoms with Crippen molar-refractivity contribution in [2.45, 2.75) is 19.9 Å². The van der Waals surface area contributed by atoms with Crippen LogP contribution in [0.15, 0.2) is 24.5 Å². The molecule has 2 aromatic heterocycles. The number of aromatic nitrogens is 4. The van der Waals surface area contributed by atoms with Crippen LogP contribution in [0.5, 0.6) is 5.88 Å². The van der Waals surface area contributed by atoms with Crippen molar-refractivity contribution in [3.63, 3.8) is 0 Å². The number of anilines is 2. The second-order valence-corrected chi connectivity index (χ2v) is 7.38. The van der Waals surface area contributed by atoms with Crippen molar-refractivity contribution in [1.29, 1.82) is 0 Å². The Morgan fingerprint density at radius 3 is 2.91 bits per heavy atom. The van der Waals surface area contributed by atoms with E-state index in [0.29, 0.717) is 29.7 Å². The molecule has 1 aliphatic rings. The maximum atomic E-state index is 14.3. The van der Waals surface area contributed by atoms with E-state index in [1.165, 1.54) is 16.9 Å². The minimum Gasteiger partial charge on any atom is -0.483 e. The SMILES string of the molecule is CCOc1nc(N2CCN[C@H](C)C2)ncc1C(=O)Nc1cc(F)c2nn(C)cc2c1.O=CO. The van der Waals surface area contributed by atoms with E-state index in [4.69, 9.17) is 14.6 Å². The molecule has 0 aliphatic carbocycles. The second-order valence-electron chi connectivity index (χ2n) is 7.38. The van der Waals surface area contributed by atoms with Gasteiger partial charge in [-0.15, -0.1) is 0 Å². The van der Waals surface area contributed by atoms with E-state index in [1.54, 1.807) is 19.3 Å². The molecule has 1 aliphatic heterocycles. The number of hydrogen-bond donors (Lipinski definition) is 3. The Bertz CT molecular complexity index is 1140. The molecule has 12 heteroatoms. The van der Waals surface area contributed by atoms with Gasteiger partial charge in [-0.3, -0.25) is 14.3 Å². The van der Waals surface area contributed by atoms with Crippen LogP contribution in [0.25, 0.3) is 10.9 Å². The Labute approximate surface area is 189 Å². The third-order valence-corrected chi connectivity index (χ3v) is 4.85. The summed E-state index contributed by atoms with van der Waals surface area (Å²) in [6.45, 7) is 6.38. The number of amides is 1. The van der Waals surface area contributed by atoms with Crippen LogP contribution >= 0.6 is 0 Å². The first-order chi connectivity index (χ1) is 15.9. The van der Waals surface area contributed by atoms with Crippen molar-refractivity contribution < 1.29 is 23.8 Å². The maximum Gasteiger partial charge on any atom is 0.290 e. The number of carbonyl (C=O) groups is 2. The van der Waals surface area contributed by atoms with Crippen molar-refractivity contribution in [1.82, 2.24) is 25.1 Å². The lowest BCUT2D eigenvalue weighted by Crippen LogP contribution is -2.49. The number of nitrogens with zero attached hydrogens (tertiary/aromatic N) is 5. The maximum absolute atomic E-state index is 14.3. The minimum absolute atomic E-state index is 0.190. The topological polar surface area (TPSA) is 134 Å². The number of carbonyl (C=O) groups excluding carboxylic acids is 1. The van der Waals surface area contributed by atoms with Gasteiger partial charge in [-0.25, -0.2) is 9.37 Å². The second kappa shape index (κ2) is 10.7. The van der Waals surface area contributed by atoms with Crippen LogP contribution in [-0.4, -0.2) is 69.5 Å². The number of ether oxygens (including phenoxy) is 1. The molecule has 4 rings (SSSR count). The normalized spacial score (nSPS) is 15.5. The van der Waals surface area contributed by atoms with Gasteiger partial charge in [0.2, 0.25) is 11.8 Å². The summed E-state index contributed by atoms with van der Waals surface area (Å²) in [6.07, 6.45) is 3.14. The summed E-state index contributed by atoms with van der Waals surface area (Å²) in [5.41, 5.74) is 0.763. The number of aryl methyl sites for hydroxylation is 1. The molecule has 3 heterocycles. The monoisotopic (exact) mass is 459 g/mol. The summed E-state index contributed by atoms with van der Waals surface area (Å²) in [7, 11) is 1.71. The van der Waals surface area contributed by atoms with Crippen LogP contribution in [0.1, 0.15) is 24.2 Å². The molecule has 0 spiro atoms. The summed E-state index contributed by atoms with van der Waals surface area (Å²) < 4.78 is 21.4. The zero-order chi connectivity index (χ0) is 24.0. The van der Waals surface area contributed by atoms with Gasteiger partial charge in [-0.05, 0) is 26.0 Å². The van der Waals surface area contributed by atoms with Gasteiger partial charge in [0.25, 0.3) is 12.4 Å². The van der Waals surface area contributed by atoms with E-state index in [2.05, 4.69) is 37.5 Å². The highest BCUT2D eigenvalue weighted by Gasteiger charge is 2.22. The summed E-state index contributed by atoms with van der Waals surface area (Å²) in [5, 5.41) is 17.6. The minimum atomic E-state index is -0.507. The molecule has 0 unspecified atom stereocenters. The van der Waals surface area contributed by atoms with E-state index < -0.39 is 11.7 Å². The first-order valence-corrected chi connectivity index (χ1v) is 10.4. The lowest BCUT2D eigenvalue weighted by Gasteiger charge is -2.32. The third-order valence-electron chi connectivity index (χ3n) is 4.85. The van der Waals surface area contributed by atoms with E-state index in [-0.39, 0.29) is 23.4 Å². The molecule has 1 atom stereocenters. The van der Waals surface area contributed by atoms with Crippen molar-refractivity contribution in [3.8, 4) is 5.88 Å². The Morgan fingerprint density at radius 2 is 2.21 bits per heavy atom. The van der Waals surface area contributed by atoms with Gasteiger partial charge in [-0.2, -0.15) is 10.1 Å². The number of hydrogen-bond acceptors (Lipinski definition) is 8. The van der Waals surface area contributed by atoms with Crippen molar-refractivity contribution in [2.75, 3.05) is 36.5 Å². The Hall–Kier alpha value is -3.80. The van der Waals surface area contributed by atoms with E-state index in [0.717, 1.165) is 19.6 Å². The Kier molecular flexibility index (Phi) is 7.72. The Morgan fingerprint density at radius 1 is 1.45 bits per heavy atom. The van der Waals surface area contributed by atoms with Crippen molar-refractivity contribution >= 4 is 34.9 Å². The van der Waals surface area contributed by atoms with E-state index in [1.807, 2.05) is 6.92 Å². The van der Waals surface area contributed by atoms with Crippen LogP contribution in [0.2, 0.25) is 0 Å². The lowest BCUT2D eigenvalue weighted by molar-refractivity contribution is -0.122. The summed E-state index contributed by atoms with van der Waals surface area (Å²) in [5.74, 6) is -0.255. The van der Waals surface area contributed by atoms with Gasteiger partial charge in [-0.1, -0.05) is 0 Å². The van der Waals surface area contributed by atoms with Crippen LogP contribution in [0.4, 0.5) is 16.0 Å². The summed E-state index contributed by atoms with van der Waals surface area (Å²) in [4.78, 5) is 32.1. The molecule has 1 aromatic carbocycles. The molecule has 1 amide bonds. The molecule has 0 saturated carbocycles. The van der Waals surface area contributed by atoms with Crippen molar-refractivity contribution in [3.05, 3.63) is 35.9 Å². The molecule has 33 heavy (non-hydrogen) atoms. The summed E-state index contributed by atoms with van der Waals surface area (Å²) >= 11 is 0. The van der Waals surface area contributed by atoms with Crippen molar-refractivity contribution in [2.24, 2.45) is 7.05 Å². The highest BCUT2D eigenvalue weighted by atomic mass is 19.1. The van der Waals surface area contributed by atoms with Gasteiger partial charge in [0, 0.05) is 56.2 Å². The zero-order valence-corrected chi connectivity index (χ0v) is 18.6. The number of nitrogens with one attached hydrogen (secondary N) is 2. The average molecular weight is 459 g/mol. The number of fused-ring (bicyclic) bond motifs is 1. The number of halogens is 1. The van der Waals surface area contributed by atoms with Gasteiger partial charge < -0.3 is 25.4 Å². The predicted molar refractivity (Wildman–Crippen MR) is 120 cm³/mol. The van der Waals surface area contributed by atoms with Gasteiger partial charge in [0.05, 0.1) is 6.61 Å². The first-order valence-electron chi connectivity index (χ1n) is 10.4. The smallest absolute Gasteiger partial charge is 0.290 e. The van der Waals surface area contributed by atoms with Crippen LogP contribution in [0, 0.1) is 5.82 Å². The highest BCUT2D eigenvalue weighted by molar-refractivity contribution is 6.06. The number of piperazine rings is 1. The molecule has 1 fully saturated rings. The first kappa shape index (κ1) is 23.9. The fourth-order valence-electron chi connectivity index (χ4n) is 3.51. The summed E-state index contributed by atoms with van der Waals surface area (Å²) in [6, 6.07) is 3.23. The number of rotatable bonds is 5. The molecule has 3 aromatic rings. The average Bonchev–Trinajstić information content (AvgIpc) is 3.15. The molecule has 0 radical (unpaired) electrons. The highest BCUT2D eigenvalue weighted by Crippen LogP contribution is 2.24. The molecule has 1 saturated heterocycles. The fraction of sp³-hybridized carbons (Fsp3) is 0.381. The molecule has 11 nitrogen and oxygen atoms in total. The van der Waals surface area contributed by atoms with Crippen LogP contribution < -0.4 is 20.3 Å². The van der Waals surface area contributed by atoms with Gasteiger partial charge >= 0.3 is 0 Å². The molecule has 0 bridgehead atoms. The van der Waals surface area contributed by atoms with Crippen LogP contribution in [-0.2, 0) is 11.8 Å². The molecular formula is C21H26FN7O4. The predicted octanol–water partition coefficient (Wildman–Crippen LogP) is 1.65. The van der Waals surface area contributed by atoms with Crippen LogP contribution in [0.3, 0.4) is 0 Å². The largest absolute Gasteiger partial charge is 0.483 e. The number of carboxylic acid groups (broad SMARTS) is 1. The molecule has 3 N–H and O–H groups in total. The molecule has 176 valence electrons. The standard InChI is InChI=1S/C20H24FN7O2.CH2O2/c1-4-30-19-15(9-23-20(25-19)28-6-5-22-12(2)10-28)18(29)24-14-7-13-11-27(3)26-17(13)16(21)8-14;2-1-3/h7-9,11-12,22H,4-6,10H2,1-3H3,(H,24,29);1H,(H,2,3)/t12-;/m1./s1. The van der Waals surface area contributed by atoms with E-state index in [9.17, 15) is 9.18 Å².